The zero-order chi connectivity index (χ0) is 21.0. The number of nitrogens with one attached hydrogen (secondary N) is 1. The van der Waals surface area contributed by atoms with Crippen LogP contribution in [0.1, 0.15) is 62.6 Å². The summed E-state index contributed by atoms with van der Waals surface area (Å²) in [6.07, 6.45) is 6.82. The van der Waals surface area contributed by atoms with Crippen molar-refractivity contribution in [3.8, 4) is 11.1 Å². The fraction of sp³-hybridized carbons (Fsp3) is 0.519. The summed E-state index contributed by atoms with van der Waals surface area (Å²) >= 11 is 1.82. The molecule has 0 saturated heterocycles. The van der Waals surface area contributed by atoms with Crippen molar-refractivity contribution < 1.29 is 0 Å². The third-order valence-corrected chi connectivity index (χ3v) is 8.33. The van der Waals surface area contributed by atoms with Crippen LogP contribution in [0.4, 0.5) is 5.13 Å². The van der Waals surface area contributed by atoms with Crippen LogP contribution in [0.25, 0.3) is 21.3 Å². The van der Waals surface area contributed by atoms with E-state index in [-0.39, 0.29) is 5.54 Å². The molecule has 2 saturated carbocycles. The number of aromatic nitrogens is 1. The molecule has 2 aliphatic carbocycles. The van der Waals surface area contributed by atoms with Crippen molar-refractivity contribution in [3.05, 3.63) is 47.0 Å². The Morgan fingerprint density at radius 1 is 1.00 bits per heavy atom. The van der Waals surface area contributed by atoms with Gasteiger partial charge in [0.1, 0.15) is 0 Å². The van der Waals surface area contributed by atoms with Crippen molar-refractivity contribution >= 4 is 26.7 Å². The molecule has 2 aromatic carbocycles. The molecule has 3 heteroatoms. The molecule has 1 N–H and O–H groups in total. The molecule has 3 aromatic rings. The van der Waals surface area contributed by atoms with E-state index in [1.807, 2.05) is 11.3 Å². The third-order valence-electron chi connectivity index (χ3n) is 7.39. The van der Waals surface area contributed by atoms with Crippen molar-refractivity contribution in [1.82, 2.24) is 4.98 Å². The van der Waals surface area contributed by atoms with Gasteiger partial charge in [0.2, 0.25) is 0 Å². The van der Waals surface area contributed by atoms with Crippen LogP contribution in [0.15, 0.2) is 30.3 Å². The van der Waals surface area contributed by atoms with E-state index in [4.69, 9.17) is 4.98 Å². The minimum absolute atomic E-state index is 0.178. The Bertz CT molecular complexity index is 1050. The number of para-hydroxylation sites is 1. The largest absolute Gasteiger partial charge is 0.356 e. The molecule has 0 aliphatic heterocycles. The first-order valence-electron chi connectivity index (χ1n) is 11.6. The molecule has 5 rings (SSSR count). The van der Waals surface area contributed by atoms with Gasteiger partial charge in [0.25, 0.3) is 0 Å². The van der Waals surface area contributed by atoms with Gasteiger partial charge in [-0.15, -0.1) is 0 Å². The van der Waals surface area contributed by atoms with Gasteiger partial charge in [-0.1, -0.05) is 48.1 Å². The van der Waals surface area contributed by atoms with E-state index in [1.165, 1.54) is 64.6 Å². The maximum Gasteiger partial charge on any atom is 0.184 e. The van der Waals surface area contributed by atoms with Crippen molar-refractivity contribution in [2.24, 2.45) is 17.8 Å². The van der Waals surface area contributed by atoms with Crippen molar-refractivity contribution in [2.75, 3.05) is 5.32 Å². The van der Waals surface area contributed by atoms with E-state index in [1.54, 1.807) is 0 Å². The van der Waals surface area contributed by atoms with Gasteiger partial charge in [-0.2, -0.15) is 0 Å². The third kappa shape index (κ3) is 3.66. The lowest BCUT2D eigenvalue weighted by Gasteiger charge is -2.47. The Hall–Kier alpha value is -1.87. The summed E-state index contributed by atoms with van der Waals surface area (Å²) in [5.74, 6) is 2.67. The van der Waals surface area contributed by atoms with Crippen LogP contribution in [0.3, 0.4) is 0 Å². The second-order valence-corrected chi connectivity index (χ2v) is 11.6. The van der Waals surface area contributed by atoms with Gasteiger partial charge in [-0.25, -0.2) is 4.98 Å². The van der Waals surface area contributed by atoms with E-state index in [2.05, 4.69) is 70.3 Å². The molecular formula is C27H34N2S. The van der Waals surface area contributed by atoms with Crippen LogP contribution in [0.5, 0.6) is 0 Å². The minimum atomic E-state index is 0.178. The van der Waals surface area contributed by atoms with E-state index in [0.717, 1.165) is 28.4 Å². The topological polar surface area (TPSA) is 24.9 Å². The molecule has 0 amide bonds. The van der Waals surface area contributed by atoms with Gasteiger partial charge in [-0.05, 0) is 100 Å². The molecule has 2 atom stereocenters. The van der Waals surface area contributed by atoms with Crippen LogP contribution >= 0.6 is 11.3 Å². The monoisotopic (exact) mass is 418 g/mol. The zero-order valence-corrected chi connectivity index (χ0v) is 19.8. The average Bonchev–Trinajstić information content (AvgIpc) is 3.01. The first-order valence-corrected chi connectivity index (χ1v) is 12.4. The Labute approximate surface area is 185 Å². The van der Waals surface area contributed by atoms with Gasteiger partial charge in [0.05, 0.1) is 10.2 Å². The molecule has 2 fully saturated rings. The lowest BCUT2D eigenvalue weighted by molar-refractivity contribution is 0.102. The van der Waals surface area contributed by atoms with Gasteiger partial charge in [0.15, 0.2) is 5.13 Å². The zero-order valence-electron chi connectivity index (χ0n) is 19.0. The molecule has 30 heavy (non-hydrogen) atoms. The number of aryl methyl sites for hydroxylation is 3. The van der Waals surface area contributed by atoms with Crippen LogP contribution in [0, 0.1) is 38.5 Å². The summed E-state index contributed by atoms with van der Waals surface area (Å²) in [6, 6.07) is 11.2. The molecule has 1 heterocycles. The molecule has 2 bridgehead atoms. The number of fused-ring (bicyclic) bond motifs is 3. The van der Waals surface area contributed by atoms with Gasteiger partial charge in [0, 0.05) is 11.1 Å². The van der Waals surface area contributed by atoms with Crippen LogP contribution in [-0.4, -0.2) is 10.5 Å². The number of nitrogens with zero attached hydrogens (tertiary/aromatic N) is 1. The highest BCUT2D eigenvalue weighted by molar-refractivity contribution is 7.22. The fourth-order valence-electron chi connectivity index (χ4n) is 6.76. The molecule has 158 valence electrons. The van der Waals surface area contributed by atoms with E-state index in [9.17, 15) is 0 Å². The Kier molecular flexibility index (Phi) is 4.93. The summed E-state index contributed by atoms with van der Waals surface area (Å²) in [4.78, 5) is 5.15. The minimum Gasteiger partial charge on any atom is -0.356 e. The summed E-state index contributed by atoms with van der Waals surface area (Å²) in [5.41, 5.74) is 7.94. The number of hydrogen-bond donors (Lipinski definition) is 1. The summed E-state index contributed by atoms with van der Waals surface area (Å²) in [6.45, 7) is 11.5. The molecule has 0 spiro atoms. The maximum absolute atomic E-state index is 5.15. The SMILES string of the molecule is Cc1cc(C)c(-c2cccc3sc(NC4(C)CC5CC(C)CC(C5)C4)nc23)c(C)c1. The van der Waals surface area contributed by atoms with Crippen molar-refractivity contribution in [1.29, 1.82) is 0 Å². The highest BCUT2D eigenvalue weighted by Gasteiger charge is 2.41. The average molecular weight is 419 g/mol. The first-order chi connectivity index (χ1) is 14.3. The predicted molar refractivity (Wildman–Crippen MR) is 131 cm³/mol. The Morgan fingerprint density at radius 3 is 2.33 bits per heavy atom. The van der Waals surface area contributed by atoms with E-state index >= 15 is 0 Å². The molecule has 0 radical (unpaired) electrons. The van der Waals surface area contributed by atoms with Gasteiger partial charge in [-0.3, -0.25) is 0 Å². The lowest BCUT2D eigenvalue weighted by Crippen LogP contribution is -2.45. The summed E-state index contributed by atoms with van der Waals surface area (Å²) in [7, 11) is 0. The molecule has 2 nitrogen and oxygen atoms in total. The quantitative estimate of drug-likeness (QED) is 0.467. The number of benzene rings is 2. The number of rotatable bonds is 3. The summed E-state index contributed by atoms with van der Waals surface area (Å²) in [5, 5.41) is 5.01. The smallest absolute Gasteiger partial charge is 0.184 e. The number of thiazole rings is 1. The van der Waals surface area contributed by atoms with Gasteiger partial charge < -0.3 is 5.32 Å². The molecule has 2 aliphatic rings. The second kappa shape index (κ2) is 7.37. The van der Waals surface area contributed by atoms with Gasteiger partial charge >= 0.3 is 0 Å². The van der Waals surface area contributed by atoms with E-state index in [0.29, 0.717) is 0 Å². The Morgan fingerprint density at radius 2 is 1.67 bits per heavy atom. The molecule has 2 unspecified atom stereocenters. The summed E-state index contributed by atoms with van der Waals surface area (Å²) < 4.78 is 1.28. The number of hydrogen-bond acceptors (Lipinski definition) is 3. The maximum atomic E-state index is 5.15. The highest BCUT2D eigenvalue weighted by Crippen LogP contribution is 2.48. The highest BCUT2D eigenvalue weighted by atomic mass is 32.1. The van der Waals surface area contributed by atoms with Crippen LogP contribution in [-0.2, 0) is 0 Å². The van der Waals surface area contributed by atoms with Crippen molar-refractivity contribution in [3.63, 3.8) is 0 Å². The number of anilines is 1. The Balaban J connectivity index is 1.49. The van der Waals surface area contributed by atoms with Crippen molar-refractivity contribution in [2.45, 2.75) is 72.3 Å². The second-order valence-electron chi connectivity index (χ2n) is 10.6. The standard InChI is InChI=1S/C27H34N2S/c1-16-9-18(3)24(19(4)10-16)22-7-6-8-23-25(22)28-26(30-23)29-27(5)14-20-11-17(2)12-21(13-20)15-27/h6-10,17,20-21H,11-15H2,1-5H3,(H,28,29). The lowest BCUT2D eigenvalue weighted by atomic mass is 9.63. The van der Waals surface area contributed by atoms with Crippen LogP contribution < -0.4 is 5.32 Å². The fourth-order valence-corrected chi connectivity index (χ4v) is 7.80. The van der Waals surface area contributed by atoms with Crippen LogP contribution in [0.2, 0.25) is 0 Å². The normalized spacial score (nSPS) is 28.6. The first kappa shape index (κ1) is 20.1. The molecule has 1 aromatic heterocycles. The van der Waals surface area contributed by atoms with E-state index < -0.39 is 0 Å². The molecular weight excluding hydrogens is 384 g/mol. The predicted octanol–water partition coefficient (Wildman–Crippen LogP) is 7.91.